The minimum atomic E-state index is -2.26. The van der Waals surface area contributed by atoms with Crippen molar-refractivity contribution in [3.8, 4) is 5.88 Å². The largest absolute Gasteiger partial charge is 0.473 e. The fraction of sp³-hybridized carbons (Fsp3) is 0.667. The van der Waals surface area contributed by atoms with Crippen LogP contribution >= 0.6 is 0 Å². The lowest BCUT2D eigenvalue weighted by molar-refractivity contribution is 0.0464. The van der Waals surface area contributed by atoms with E-state index >= 15 is 0 Å². The number of halogens is 2. The van der Waals surface area contributed by atoms with Crippen LogP contribution in [0.15, 0.2) is 12.4 Å². The molecule has 0 aliphatic carbocycles. The van der Waals surface area contributed by atoms with Crippen LogP contribution in [-0.4, -0.2) is 47.0 Å². The van der Waals surface area contributed by atoms with Gasteiger partial charge in [-0.3, -0.25) is 9.88 Å². The Morgan fingerprint density at radius 2 is 2.11 bits per heavy atom. The number of nitrogens with zero attached hydrogens (tertiary/aromatic N) is 3. The molecule has 0 amide bonds. The molecule has 6 heteroatoms. The fourth-order valence-electron chi connectivity index (χ4n) is 2.07. The smallest absolute Gasteiger partial charge is 0.251 e. The van der Waals surface area contributed by atoms with E-state index in [0.717, 1.165) is 18.5 Å². The monoisotopic (exact) mass is 257 g/mol. The summed E-state index contributed by atoms with van der Waals surface area (Å²) in [7, 11) is 0. The van der Waals surface area contributed by atoms with Gasteiger partial charge in [0, 0.05) is 19.3 Å². The molecule has 0 aromatic carbocycles. The Labute approximate surface area is 105 Å². The van der Waals surface area contributed by atoms with Gasteiger partial charge in [0.1, 0.15) is 6.10 Å². The van der Waals surface area contributed by atoms with E-state index in [2.05, 4.69) is 9.97 Å². The molecule has 0 bridgehead atoms. The Morgan fingerprint density at radius 1 is 1.39 bits per heavy atom. The molecule has 18 heavy (non-hydrogen) atoms. The molecule has 100 valence electrons. The van der Waals surface area contributed by atoms with E-state index in [0.29, 0.717) is 19.0 Å². The van der Waals surface area contributed by atoms with Crippen LogP contribution < -0.4 is 4.74 Å². The Bertz CT molecular complexity index is 381. The van der Waals surface area contributed by atoms with Gasteiger partial charge < -0.3 is 4.74 Å². The van der Waals surface area contributed by atoms with Crippen LogP contribution in [0.4, 0.5) is 8.78 Å². The van der Waals surface area contributed by atoms with E-state index in [1.54, 1.807) is 17.3 Å². The summed E-state index contributed by atoms with van der Waals surface area (Å²) in [5.41, 5.74) is 0.808. The third-order valence-corrected chi connectivity index (χ3v) is 2.95. The van der Waals surface area contributed by atoms with Crippen LogP contribution in [0.2, 0.25) is 0 Å². The van der Waals surface area contributed by atoms with E-state index in [1.807, 2.05) is 6.92 Å². The van der Waals surface area contributed by atoms with E-state index in [4.69, 9.17) is 4.74 Å². The summed E-state index contributed by atoms with van der Waals surface area (Å²) in [5.74, 6) is 0.516. The third kappa shape index (κ3) is 3.87. The van der Waals surface area contributed by atoms with E-state index in [9.17, 15) is 8.78 Å². The lowest BCUT2D eigenvalue weighted by Crippen LogP contribution is -2.40. The van der Waals surface area contributed by atoms with Gasteiger partial charge in [-0.1, -0.05) is 0 Å². The highest BCUT2D eigenvalue weighted by Crippen LogP contribution is 2.17. The number of aryl methyl sites for hydroxylation is 1. The van der Waals surface area contributed by atoms with Gasteiger partial charge in [-0.25, -0.2) is 13.8 Å². The zero-order chi connectivity index (χ0) is 13.0. The Balaban J connectivity index is 1.80. The van der Waals surface area contributed by atoms with Crippen LogP contribution in [0, 0.1) is 6.92 Å². The molecule has 1 fully saturated rings. The first-order valence-corrected chi connectivity index (χ1v) is 6.09. The second kappa shape index (κ2) is 6.04. The molecule has 0 radical (unpaired) electrons. The maximum absolute atomic E-state index is 12.2. The predicted molar refractivity (Wildman–Crippen MR) is 62.9 cm³/mol. The zero-order valence-electron chi connectivity index (χ0n) is 10.4. The highest BCUT2D eigenvalue weighted by atomic mass is 19.3. The molecule has 0 atom stereocenters. The van der Waals surface area contributed by atoms with Crippen molar-refractivity contribution in [1.29, 1.82) is 0 Å². The summed E-state index contributed by atoms with van der Waals surface area (Å²) in [6.45, 7) is 3.00. The molecule has 1 aromatic rings. The van der Waals surface area contributed by atoms with Crippen molar-refractivity contribution in [1.82, 2.24) is 14.9 Å². The van der Waals surface area contributed by atoms with Crippen molar-refractivity contribution in [2.75, 3.05) is 19.6 Å². The molecule has 1 aromatic heterocycles. The molecule has 1 aliphatic heterocycles. The van der Waals surface area contributed by atoms with Gasteiger partial charge in [-0.05, 0) is 19.8 Å². The van der Waals surface area contributed by atoms with Crippen molar-refractivity contribution in [3.05, 3.63) is 18.1 Å². The first-order valence-electron chi connectivity index (χ1n) is 6.09. The lowest BCUT2D eigenvalue weighted by atomic mass is 10.1. The number of aromatic nitrogens is 2. The normalized spacial score (nSPS) is 18.2. The van der Waals surface area contributed by atoms with E-state index in [-0.39, 0.29) is 12.6 Å². The van der Waals surface area contributed by atoms with E-state index < -0.39 is 6.43 Å². The van der Waals surface area contributed by atoms with Crippen molar-refractivity contribution in [2.24, 2.45) is 0 Å². The minimum Gasteiger partial charge on any atom is -0.473 e. The zero-order valence-corrected chi connectivity index (χ0v) is 10.4. The maximum Gasteiger partial charge on any atom is 0.251 e. The highest BCUT2D eigenvalue weighted by molar-refractivity contribution is 5.07. The Morgan fingerprint density at radius 3 is 2.72 bits per heavy atom. The average Bonchev–Trinajstić information content (AvgIpc) is 2.31. The summed E-state index contributed by atoms with van der Waals surface area (Å²) < 4.78 is 30.1. The number of rotatable bonds is 4. The summed E-state index contributed by atoms with van der Waals surface area (Å²) in [5, 5.41) is 0. The number of piperidine rings is 1. The summed E-state index contributed by atoms with van der Waals surface area (Å²) in [4.78, 5) is 9.99. The number of ether oxygens (including phenoxy) is 1. The SMILES string of the molecule is Cc1cncc(OC2CCN(CC(F)F)CC2)n1. The second-order valence-corrected chi connectivity index (χ2v) is 4.51. The molecular formula is C12H17F2N3O. The van der Waals surface area contributed by atoms with Crippen molar-refractivity contribution < 1.29 is 13.5 Å². The van der Waals surface area contributed by atoms with Crippen molar-refractivity contribution in [3.63, 3.8) is 0 Å². The Hall–Kier alpha value is -1.30. The van der Waals surface area contributed by atoms with Crippen LogP contribution in [0.3, 0.4) is 0 Å². The van der Waals surface area contributed by atoms with Crippen LogP contribution in [0.1, 0.15) is 18.5 Å². The number of hydrogen-bond donors (Lipinski definition) is 0. The molecular weight excluding hydrogens is 240 g/mol. The number of likely N-dealkylation sites (tertiary alicyclic amines) is 1. The van der Waals surface area contributed by atoms with Gasteiger partial charge in [0.2, 0.25) is 5.88 Å². The number of alkyl halides is 2. The molecule has 0 unspecified atom stereocenters. The van der Waals surface area contributed by atoms with Gasteiger partial charge in [-0.2, -0.15) is 0 Å². The molecule has 4 nitrogen and oxygen atoms in total. The quantitative estimate of drug-likeness (QED) is 0.825. The van der Waals surface area contributed by atoms with Crippen molar-refractivity contribution in [2.45, 2.75) is 32.3 Å². The highest BCUT2D eigenvalue weighted by Gasteiger charge is 2.22. The van der Waals surface area contributed by atoms with Gasteiger partial charge >= 0.3 is 0 Å². The fourth-order valence-corrected chi connectivity index (χ4v) is 2.07. The van der Waals surface area contributed by atoms with Gasteiger partial charge in [0.25, 0.3) is 6.43 Å². The first-order chi connectivity index (χ1) is 8.63. The van der Waals surface area contributed by atoms with Crippen LogP contribution in [0.5, 0.6) is 5.88 Å². The molecule has 0 saturated carbocycles. The second-order valence-electron chi connectivity index (χ2n) is 4.51. The minimum absolute atomic E-state index is 0.0509. The summed E-state index contributed by atoms with van der Waals surface area (Å²) >= 11 is 0. The molecule has 0 spiro atoms. The molecule has 0 N–H and O–H groups in total. The van der Waals surface area contributed by atoms with Crippen molar-refractivity contribution >= 4 is 0 Å². The van der Waals surface area contributed by atoms with Gasteiger partial charge in [-0.15, -0.1) is 0 Å². The Kier molecular flexibility index (Phi) is 4.41. The molecule has 1 aliphatic rings. The summed E-state index contributed by atoms with van der Waals surface area (Å²) in [6.07, 6.45) is 2.54. The lowest BCUT2D eigenvalue weighted by Gasteiger charge is -2.31. The van der Waals surface area contributed by atoms with Crippen LogP contribution in [0.25, 0.3) is 0 Å². The maximum atomic E-state index is 12.2. The van der Waals surface area contributed by atoms with E-state index in [1.165, 1.54) is 0 Å². The van der Waals surface area contributed by atoms with Gasteiger partial charge in [0.15, 0.2) is 0 Å². The molecule has 1 saturated heterocycles. The first kappa shape index (κ1) is 13.1. The topological polar surface area (TPSA) is 38.2 Å². The van der Waals surface area contributed by atoms with Gasteiger partial charge in [0.05, 0.1) is 18.4 Å². The third-order valence-electron chi connectivity index (χ3n) is 2.95. The predicted octanol–water partition coefficient (Wildman–Crippen LogP) is 1.89. The van der Waals surface area contributed by atoms with Crippen LogP contribution in [-0.2, 0) is 0 Å². The molecule has 2 heterocycles. The average molecular weight is 257 g/mol. The summed E-state index contributed by atoms with van der Waals surface area (Å²) in [6, 6.07) is 0. The molecule has 2 rings (SSSR count). The standard InChI is InChI=1S/C12H17F2N3O/c1-9-6-15-7-12(16-9)18-10-2-4-17(5-3-10)8-11(13)14/h6-7,10-11H,2-5,8H2,1H3. The number of hydrogen-bond acceptors (Lipinski definition) is 4.